The first-order valence-electron chi connectivity index (χ1n) is 9.21. The first-order chi connectivity index (χ1) is 13.3. The summed E-state index contributed by atoms with van der Waals surface area (Å²) in [6.07, 6.45) is 0. The van der Waals surface area contributed by atoms with Crippen molar-refractivity contribution in [2.24, 2.45) is 0 Å². The van der Waals surface area contributed by atoms with Crippen LogP contribution in [0.5, 0.6) is 0 Å². The summed E-state index contributed by atoms with van der Waals surface area (Å²) in [4.78, 5) is 14.2. The molecule has 0 spiro atoms. The van der Waals surface area contributed by atoms with Gasteiger partial charge in [-0.05, 0) is 49.4 Å². The molecule has 6 nitrogen and oxygen atoms in total. The fourth-order valence-electron chi connectivity index (χ4n) is 3.19. The van der Waals surface area contributed by atoms with E-state index in [0.29, 0.717) is 31.9 Å². The molecule has 1 N–H and O–H groups in total. The molecule has 150 valence electrons. The monoisotopic (exact) mass is 405 g/mol. The van der Waals surface area contributed by atoms with Crippen LogP contribution in [0.15, 0.2) is 47.4 Å². The number of halogens is 1. The Hall–Kier alpha value is -2.29. The maximum Gasteiger partial charge on any atom is 0.255 e. The van der Waals surface area contributed by atoms with Crippen molar-refractivity contribution in [1.29, 1.82) is 0 Å². The maximum absolute atomic E-state index is 14.4. The van der Waals surface area contributed by atoms with Crippen molar-refractivity contribution in [2.45, 2.75) is 18.7 Å². The Balaban J connectivity index is 1.83. The van der Waals surface area contributed by atoms with E-state index in [0.717, 1.165) is 24.2 Å². The zero-order valence-electron chi connectivity index (χ0n) is 16.0. The van der Waals surface area contributed by atoms with Gasteiger partial charge in [0.05, 0.1) is 0 Å². The summed E-state index contributed by atoms with van der Waals surface area (Å²) in [5, 5.41) is 2.71. The zero-order valence-corrected chi connectivity index (χ0v) is 16.8. The Kier molecular flexibility index (Phi) is 6.12. The van der Waals surface area contributed by atoms with E-state index in [9.17, 15) is 17.6 Å². The molecule has 28 heavy (non-hydrogen) atoms. The molecule has 8 heteroatoms. The number of benzene rings is 2. The molecule has 1 amide bonds. The number of aryl methyl sites for hydroxylation is 1. The molecule has 0 saturated carbocycles. The van der Waals surface area contributed by atoms with Crippen LogP contribution in [0.3, 0.4) is 0 Å². The lowest BCUT2D eigenvalue weighted by Crippen LogP contribution is -2.48. The zero-order chi connectivity index (χ0) is 20.3. The third kappa shape index (κ3) is 4.40. The third-order valence-electron chi connectivity index (χ3n) is 4.87. The second-order valence-electron chi connectivity index (χ2n) is 6.81. The SMILES string of the molecule is CCN1CCN(S(=O)(=O)c2cc(C(=O)Nc3cccc(C)c3)ccc2F)CC1. The molecule has 1 aliphatic heterocycles. The molecule has 0 unspecified atom stereocenters. The van der Waals surface area contributed by atoms with E-state index in [2.05, 4.69) is 10.2 Å². The summed E-state index contributed by atoms with van der Waals surface area (Å²) < 4.78 is 41.5. The van der Waals surface area contributed by atoms with Gasteiger partial charge in [-0.2, -0.15) is 4.31 Å². The maximum atomic E-state index is 14.4. The Morgan fingerprint density at radius 2 is 1.82 bits per heavy atom. The number of carbonyl (C=O) groups is 1. The minimum Gasteiger partial charge on any atom is -0.322 e. The van der Waals surface area contributed by atoms with E-state index >= 15 is 0 Å². The lowest BCUT2D eigenvalue weighted by atomic mass is 10.2. The van der Waals surface area contributed by atoms with Gasteiger partial charge in [0.25, 0.3) is 5.91 Å². The average Bonchev–Trinajstić information content (AvgIpc) is 2.68. The number of piperazine rings is 1. The van der Waals surface area contributed by atoms with Gasteiger partial charge in [0, 0.05) is 37.4 Å². The van der Waals surface area contributed by atoms with Crippen LogP contribution >= 0.6 is 0 Å². The van der Waals surface area contributed by atoms with Gasteiger partial charge in [-0.3, -0.25) is 4.79 Å². The smallest absolute Gasteiger partial charge is 0.255 e. The molecular formula is C20H24FN3O3S. The van der Waals surface area contributed by atoms with E-state index in [4.69, 9.17) is 0 Å². The van der Waals surface area contributed by atoms with E-state index in [1.54, 1.807) is 18.2 Å². The van der Waals surface area contributed by atoms with Gasteiger partial charge >= 0.3 is 0 Å². The fourth-order valence-corrected chi connectivity index (χ4v) is 4.71. The number of hydrogen-bond donors (Lipinski definition) is 1. The summed E-state index contributed by atoms with van der Waals surface area (Å²) in [5.74, 6) is -1.34. The quantitative estimate of drug-likeness (QED) is 0.831. The molecule has 2 aromatic rings. The number of carbonyl (C=O) groups excluding carboxylic acids is 1. The minimum absolute atomic E-state index is 0.0914. The standard InChI is InChI=1S/C20H24FN3O3S/c1-3-23-9-11-24(12-10-23)28(26,27)19-14-16(7-8-18(19)21)20(25)22-17-6-4-5-15(2)13-17/h4-8,13-14H,3,9-12H2,1-2H3,(H,22,25). The average molecular weight is 405 g/mol. The van der Waals surface area contributed by atoms with E-state index in [1.165, 1.54) is 10.4 Å². The van der Waals surface area contributed by atoms with Crippen molar-refractivity contribution in [3.05, 3.63) is 59.4 Å². The van der Waals surface area contributed by atoms with Gasteiger partial charge in [0.15, 0.2) is 0 Å². The molecule has 0 radical (unpaired) electrons. The predicted molar refractivity (Wildman–Crippen MR) is 106 cm³/mol. The highest BCUT2D eigenvalue weighted by molar-refractivity contribution is 7.89. The summed E-state index contributed by atoms with van der Waals surface area (Å²) in [7, 11) is -4.01. The first-order valence-corrected chi connectivity index (χ1v) is 10.7. The highest BCUT2D eigenvalue weighted by Crippen LogP contribution is 2.23. The van der Waals surface area contributed by atoms with Gasteiger partial charge in [0.2, 0.25) is 10.0 Å². The van der Waals surface area contributed by atoms with Crippen molar-refractivity contribution < 1.29 is 17.6 Å². The molecule has 1 saturated heterocycles. The Morgan fingerprint density at radius 1 is 1.11 bits per heavy atom. The van der Waals surface area contributed by atoms with Crippen LogP contribution in [0.2, 0.25) is 0 Å². The minimum atomic E-state index is -4.01. The first kappa shape index (κ1) is 20.4. The van der Waals surface area contributed by atoms with Gasteiger partial charge in [-0.1, -0.05) is 19.1 Å². The highest BCUT2D eigenvalue weighted by atomic mass is 32.2. The molecule has 1 aliphatic rings. The second kappa shape index (κ2) is 8.38. The number of anilines is 1. The van der Waals surface area contributed by atoms with Crippen LogP contribution in [0.4, 0.5) is 10.1 Å². The lowest BCUT2D eigenvalue weighted by molar-refractivity contribution is 0.102. The van der Waals surface area contributed by atoms with Crippen molar-refractivity contribution in [3.8, 4) is 0 Å². The summed E-state index contributed by atoms with van der Waals surface area (Å²) in [5.41, 5.74) is 1.66. The van der Waals surface area contributed by atoms with Crippen LogP contribution in [0, 0.1) is 12.7 Å². The van der Waals surface area contributed by atoms with E-state index in [-0.39, 0.29) is 5.56 Å². The van der Waals surface area contributed by atoms with Crippen LogP contribution in [0.25, 0.3) is 0 Å². The van der Waals surface area contributed by atoms with Crippen LogP contribution in [0.1, 0.15) is 22.8 Å². The van der Waals surface area contributed by atoms with E-state index < -0.39 is 26.6 Å². The van der Waals surface area contributed by atoms with Crippen molar-refractivity contribution in [2.75, 3.05) is 38.0 Å². The number of sulfonamides is 1. The van der Waals surface area contributed by atoms with Crippen LogP contribution in [-0.2, 0) is 10.0 Å². The Morgan fingerprint density at radius 3 is 2.46 bits per heavy atom. The molecule has 3 rings (SSSR count). The van der Waals surface area contributed by atoms with Gasteiger partial charge < -0.3 is 10.2 Å². The van der Waals surface area contributed by atoms with E-state index in [1.807, 2.05) is 19.9 Å². The van der Waals surface area contributed by atoms with Crippen molar-refractivity contribution in [1.82, 2.24) is 9.21 Å². The fraction of sp³-hybridized carbons (Fsp3) is 0.350. The molecule has 0 aromatic heterocycles. The summed E-state index contributed by atoms with van der Waals surface area (Å²) in [6.45, 7) is 6.56. The number of nitrogens with zero attached hydrogens (tertiary/aromatic N) is 2. The topological polar surface area (TPSA) is 69.7 Å². The number of rotatable bonds is 5. The lowest BCUT2D eigenvalue weighted by Gasteiger charge is -2.33. The second-order valence-corrected chi connectivity index (χ2v) is 8.71. The molecule has 0 atom stereocenters. The predicted octanol–water partition coefficient (Wildman–Crippen LogP) is 2.71. The summed E-state index contributed by atoms with van der Waals surface area (Å²) >= 11 is 0. The molecular weight excluding hydrogens is 381 g/mol. The van der Waals surface area contributed by atoms with Gasteiger partial charge in [-0.15, -0.1) is 0 Å². The number of hydrogen-bond acceptors (Lipinski definition) is 4. The van der Waals surface area contributed by atoms with Crippen LogP contribution < -0.4 is 5.32 Å². The molecule has 1 heterocycles. The largest absolute Gasteiger partial charge is 0.322 e. The van der Waals surface area contributed by atoms with Crippen molar-refractivity contribution >= 4 is 21.6 Å². The van der Waals surface area contributed by atoms with Gasteiger partial charge in [-0.25, -0.2) is 12.8 Å². The molecule has 2 aromatic carbocycles. The number of amides is 1. The summed E-state index contributed by atoms with van der Waals surface area (Å²) in [6, 6.07) is 10.7. The molecule has 0 bridgehead atoms. The third-order valence-corrected chi connectivity index (χ3v) is 6.78. The number of nitrogens with one attached hydrogen (secondary N) is 1. The normalized spacial score (nSPS) is 16.1. The Bertz CT molecular complexity index is 970. The van der Waals surface area contributed by atoms with Crippen molar-refractivity contribution in [3.63, 3.8) is 0 Å². The molecule has 1 fully saturated rings. The molecule has 0 aliphatic carbocycles. The van der Waals surface area contributed by atoms with Crippen LogP contribution in [-0.4, -0.2) is 56.3 Å². The Labute approximate surface area is 165 Å². The number of likely N-dealkylation sites (N-methyl/N-ethyl adjacent to an activating group) is 1. The van der Waals surface area contributed by atoms with Gasteiger partial charge in [0.1, 0.15) is 10.7 Å². The highest BCUT2D eigenvalue weighted by Gasteiger charge is 2.31.